The second-order valence-electron chi connectivity index (χ2n) is 11.3. The van der Waals surface area contributed by atoms with Crippen LogP contribution in [0.3, 0.4) is 0 Å². The number of Topliss-reactive ketones (excluding diaryl/α,β-unsaturated/α-hetero) is 1. The zero-order chi connectivity index (χ0) is 32.1. The van der Waals surface area contributed by atoms with Gasteiger partial charge in [0.1, 0.15) is 59.6 Å². The average Bonchev–Trinajstić information content (AvgIpc) is 2.99. The Hall–Kier alpha value is -3.38. The molecular weight excluding hydrogens is 572 g/mol. The van der Waals surface area contributed by atoms with Crippen molar-refractivity contribution in [2.75, 3.05) is 6.61 Å². The average molecular weight is 619 g/mol. The maximum absolute atomic E-state index is 13.1. The Kier molecular flexibility index (Phi) is 14.2. The van der Waals surface area contributed by atoms with E-state index in [1.165, 1.54) is 44.2 Å². The first-order valence-electron chi connectivity index (χ1n) is 15.5. The second-order valence-corrected chi connectivity index (χ2v) is 11.3. The summed E-state index contributed by atoms with van der Waals surface area (Å²) >= 11 is 0. The first-order chi connectivity index (χ1) is 21.1. The maximum atomic E-state index is 13.1. The van der Waals surface area contributed by atoms with Crippen LogP contribution in [0.15, 0.2) is 36.4 Å². The highest BCUT2D eigenvalue weighted by atomic mass is 16.7. The highest BCUT2D eigenvalue weighted by Gasteiger charge is 2.46. The lowest BCUT2D eigenvalue weighted by Gasteiger charge is -2.40. The molecule has 0 aliphatic carbocycles. The van der Waals surface area contributed by atoms with Crippen molar-refractivity contribution in [3.8, 4) is 23.0 Å². The molecule has 0 aromatic heterocycles. The smallest absolute Gasteiger partial charge is 0.305 e. The third-order valence-electron chi connectivity index (χ3n) is 7.73. The summed E-state index contributed by atoms with van der Waals surface area (Å²) < 4.78 is 16.6. The second kappa shape index (κ2) is 17.8. The molecule has 5 atom stereocenters. The number of phenolic OH excluding ortho intramolecular Hbond substituents is 3. The largest absolute Gasteiger partial charge is 0.508 e. The quantitative estimate of drug-likeness (QED) is 0.0797. The van der Waals surface area contributed by atoms with Crippen LogP contribution in [0.5, 0.6) is 23.0 Å². The normalized spacial score (nSPS) is 21.6. The molecule has 1 aliphatic heterocycles. The van der Waals surface area contributed by atoms with Gasteiger partial charge < -0.3 is 44.8 Å². The van der Waals surface area contributed by atoms with E-state index in [1.807, 2.05) is 0 Å². The Morgan fingerprint density at radius 2 is 1.41 bits per heavy atom. The van der Waals surface area contributed by atoms with Crippen LogP contribution in [0, 0.1) is 0 Å². The van der Waals surface area contributed by atoms with Gasteiger partial charge in [0, 0.05) is 25.0 Å². The number of ketones is 1. The molecule has 1 aliphatic rings. The molecule has 244 valence electrons. The Labute approximate surface area is 258 Å². The number of aromatic hydroxyl groups is 3. The molecule has 0 unspecified atom stereocenters. The number of phenols is 3. The number of rotatable bonds is 18. The number of benzene rings is 2. The van der Waals surface area contributed by atoms with Crippen LogP contribution in [0.1, 0.15) is 93.5 Å². The minimum atomic E-state index is -1.77. The number of unbranched alkanes of at least 4 members (excludes halogenated alkanes) is 8. The topological polar surface area (TPSA) is 183 Å². The lowest BCUT2D eigenvalue weighted by molar-refractivity contribution is -0.278. The van der Waals surface area contributed by atoms with Gasteiger partial charge in [0.15, 0.2) is 5.78 Å². The summed E-state index contributed by atoms with van der Waals surface area (Å²) in [6.45, 7) is 1.77. The van der Waals surface area contributed by atoms with Crippen molar-refractivity contribution in [2.24, 2.45) is 0 Å². The first kappa shape index (κ1) is 35.1. The molecule has 2 aromatic rings. The molecule has 11 nitrogen and oxygen atoms in total. The maximum Gasteiger partial charge on any atom is 0.305 e. The molecule has 1 fully saturated rings. The predicted molar refractivity (Wildman–Crippen MR) is 161 cm³/mol. The van der Waals surface area contributed by atoms with Crippen LogP contribution >= 0.6 is 0 Å². The van der Waals surface area contributed by atoms with E-state index < -0.39 is 60.6 Å². The summed E-state index contributed by atoms with van der Waals surface area (Å²) in [5.41, 5.74) is 0.483. The van der Waals surface area contributed by atoms with Crippen LogP contribution in [0.4, 0.5) is 0 Å². The Balaban J connectivity index is 1.55. The van der Waals surface area contributed by atoms with E-state index in [0.717, 1.165) is 37.0 Å². The van der Waals surface area contributed by atoms with Crippen molar-refractivity contribution in [2.45, 2.75) is 115 Å². The molecule has 3 rings (SSSR count). The molecule has 44 heavy (non-hydrogen) atoms. The summed E-state index contributed by atoms with van der Waals surface area (Å²) in [6.07, 6.45) is 2.29. The molecule has 11 heteroatoms. The van der Waals surface area contributed by atoms with E-state index >= 15 is 0 Å². The number of ether oxygens (including phenoxy) is 3. The molecule has 0 amide bonds. The molecule has 2 aromatic carbocycles. The van der Waals surface area contributed by atoms with Gasteiger partial charge in [0.25, 0.3) is 0 Å². The number of aliphatic hydroxyl groups excluding tert-OH is 3. The fourth-order valence-electron chi connectivity index (χ4n) is 5.11. The van der Waals surface area contributed by atoms with E-state index in [2.05, 4.69) is 6.92 Å². The molecule has 0 radical (unpaired) electrons. The zero-order valence-corrected chi connectivity index (χ0v) is 25.3. The van der Waals surface area contributed by atoms with Crippen molar-refractivity contribution < 1.29 is 54.4 Å². The predicted octanol–water partition coefficient (Wildman–Crippen LogP) is 4.27. The lowest BCUT2D eigenvalue weighted by atomic mass is 9.98. The first-order valence-corrected chi connectivity index (χ1v) is 15.5. The molecular formula is C33H46O11. The number of aliphatic hydroxyl groups is 3. The number of hydrogen-bond donors (Lipinski definition) is 6. The monoisotopic (exact) mass is 618 g/mol. The molecule has 0 saturated carbocycles. The lowest BCUT2D eigenvalue weighted by Crippen LogP contribution is -2.60. The SMILES string of the molecule is CCCCCCCCCCCC(=O)OC[C@H]1O[C@@H](Oc2cc(O)cc(O)c2C(=O)CCc2ccc(O)cc2)[C@H](O)[C@@H](O)[C@@H]1O. The number of esters is 1. The Morgan fingerprint density at radius 1 is 0.773 bits per heavy atom. The van der Waals surface area contributed by atoms with E-state index in [0.29, 0.717) is 6.42 Å². The van der Waals surface area contributed by atoms with Crippen molar-refractivity contribution in [3.63, 3.8) is 0 Å². The number of carbonyl (C=O) groups excluding carboxylic acids is 2. The van der Waals surface area contributed by atoms with Crippen LogP contribution in [0.2, 0.25) is 0 Å². The van der Waals surface area contributed by atoms with E-state index in [-0.39, 0.29) is 36.3 Å². The number of aryl methyl sites for hydroxylation is 1. The minimum absolute atomic E-state index is 0.0631. The van der Waals surface area contributed by atoms with Crippen LogP contribution in [0.25, 0.3) is 0 Å². The zero-order valence-electron chi connectivity index (χ0n) is 25.3. The van der Waals surface area contributed by atoms with Gasteiger partial charge in [-0.2, -0.15) is 0 Å². The van der Waals surface area contributed by atoms with Crippen molar-refractivity contribution in [1.29, 1.82) is 0 Å². The van der Waals surface area contributed by atoms with Crippen molar-refractivity contribution in [1.82, 2.24) is 0 Å². The van der Waals surface area contributed by atoms with Gasteiger partial charge in [0.05, 0.1) is 0 Å². The number of hydrogen-bond acceptors (Lipinski definition) is 11. The van der Waals surface area contributed by atoms with Gasteiger partial charge in [0.2, 0.25) is 6.29 Å². The Morgan fingerprint density at radius 3 is 2.07 bits per heavy atom. The number of carbonyl (C=O) groups is 2. The van der Waals surface area contributed by atoms with Crippen molar-refractivity contribution >= 4 is 11.8 Å². The minimum Gasteiger partial charge on any atom is -0.508 e. The van der Waals surface area contributed by atoms with Gasteiger partial charge in [-0.15, -0.1) is 0 Å². The van der Waals surface area contributed by atoms with Crippen LogP contribution in [-0.2, 0) is 20.7 Å². The summed E-state index contributed by atoms with van der Waals surface area (Å²) in [5.74, 6) is -2.26. The molecule has 1 saturated heterocycles. The van der Waals surface area contributed by atoms with Gasteiger partial charge in [-0.1, -0.05) is 70.4 Å². The van der Waals surface area contributed by atoms with E-state index in [1.54, 1.807) is 12.1 Å². The van der Waals surface area contributed by atoms with E-state index in [4.69, 9.17) is 14.2 Å². The summed E-state index contributed by atoms with van der Waals surface area (Å²) in [7, 11) is 0. The molecule has 0 spiro atoms. The van der Waals surface area contributed by atoms with Gasteiger partial charge in [-0.25, -0.2) is 0 Å². The fourth-order valence-corrected chi connectivity index (χ4v) is 5.11. The molecule has 0 bridgehead atoms. The van der Waals surface area contributed by atoms with Crippen LogP contribution in [-0.4, -0.2) is 79.7 Å². The summed E-state index contributed by atoms with van der Waals surface area (Å²) in [5, 5.41) is 61.5. The highest BCUT2D eigenvalue weighted by molar-refractivity contribution is 6.01. The molecule has 6 N–H and O–H groups in total. The van der Waals surface area contributed by atoms with Gasteiger partial charge >= 0.3 is 5.97 Å². The van der Waals surface area contributed by atoms with Gasteiger partial charge in [-0.05, 0) is 30.5 Å². The summed E-state index contributed by atoms with van der Waals surface area (Å²) in [6, 6.07) is 8.30. The fraction of sp³-hybridized carbons (Fsp3) is 0.576. The third kappa shape index (κ3) is 10.7. The van der Waals surface area contributed by atoms with Gasteiger partial charge in [-0.3, -0.25) is 9.59 Å². The van der Waals surface area contributed by atoms with Crippen LogP contribution < -0.4 is 4.74 Å². The summed E-state index contributed by atoms with van der Waals surface area (Å²) in [4.78, 5) is 25.4. The van der Waals surface area contributed by atoms with E-state index in [9.17, 15) is 40.2 Å². The van der Waals surface area contributed by atoms with Crippen molar-refractivity contribution in [3.05, 3.63) is 47.5 Å². The third-order valence-corrected chi connectivity index (χ3v) is 7.73. The highest BCUT2D eigenvalue weighted by Crippen LogP contribution is 2.36. The standard InChI is InChI=1S/C33H46O11/c1-2-3-4-5-6-7-8-9-10-11-28(38)42-20-27-30(39)31(40)32(41)33(44-27)43-26-19-23(35)18-25(37)29(26)24(36)17-14-21-12-15-22(34)16-13-21/h12-13,15-16,18-19,27,30-35,37,39-41H,2-11,14,17,20H2,1H3/t27-,30-,31+,32-,33-/m1/s1. The Bertz CT molecular complexity index is 1180. The molecule has 1 heterocycles.